The van der Waals surface area contributed by atoms with Crippen molar-refractivity contribution in [2.75, 3.05) is 5.32 Å². The summed E-state index contributed by atoms with van der Waals surface area (Å²) in [6, 6.07) is 13.1. The van der Waals surface area contributed by atoms with Crippen LogP contribution in [-0.4, -0.2) is 9.97 Å². The number of halogens is 2. The van der Waals surface area contributed by atoms with Crippen LogP contribution in [0.4, 0.5) is 14.5 Å². The van der Waals surface area contributed by atoms with Crippen LogP contribution in [0, 0.1) is 11.6 Å². The highest BCUT2D eigenvalue weighted by Crippen LogP contribution is 2.17. The number of hydrogen-bond donors (Lipinski definition) is 2. The molecule has 0 saturated carbocycles. The zero-order chi connectivity index (χ0) is 18.8. The third-order valence-electron chi connectivity index (χ3n) is 3.92. The van der Waals surface area contributed by atoms with Gasteiger partial charge in [0.15, 0.2) is 0 Å². The first-order valence-corrected chi connectivity index (χ1v) is 8.88. The average Bonchev–Trinajstić information content (AvgIpc) is 3.00. The maximum atomic E-state index is 13.7. The average molecular weight is 381 g/mol. The number of rotatable bonds is 3. The molecule has 0 amide bonds. The van der Waals surface area contributed by atoms with Gasteiger partial charge in [-0.2, -0.15) is 0 Å². The Morgan fingerprint density at radius 1 is 1.07 bits per heavy atom. The molecule has 0 atom stereocenters. The van der Waals surface area contributed by atoms with E-state index in [1.165, 1.54) is 23.6 Å². The topological polar surface area (TPSA) is 57.8 Å². The van der Waals surface area contributed by atoms with Crippen molar-refractivity contribution in [3.63, 3.8) is 0 Å². The van der Waals surface area contributed by atoms with E-state index in [-0.39, 0.29) is 11.2 Å². The van der Waals surface area contributed by atoms with E-state index in [2.05, 4.69) is 15.3 Å². The molecule has 0 unspecified atom stereocenters. The van der Waals surface area contributed by atoms with Gasteiger partial charge in [0, 0.05) is 17.8 Å². The number of aromatic nitrogens is 2. The lowest BCUT2D eigenvalue weighted by molar-refractivity contribution is 0.591. The fourth-order valence-electron chi connectivity index (χ4n) is 2.63. The number of benzene rings is 2. The van der Waals surface area contributed by atoms with Gasteiger partial charge >= 0.3 is 0 Å². The fraction of sp³-hybridized carbons (Fsp3) is 0. The number of nitrogens with one attached hydrogen (secondary N) is 2. The molecule has 0 aliphatic carbocycles. The molecule has 27 heavy (non-hydrogen) atoms. The molecule has 2 N–H and O–H groups in total. The number of aromatic amines is 1. The molecule has 2 aromatic carbocycles. The molecule has 7 heteroatoms. The van der Waals surface area contributed by atoms with Gasteiger partial charge in [-0.25, -0.2) is 8.78 Å². The van der Waals surface area contributed by atoms with Crippen molar-refractivity contribution in [3.8, 4) is 0 Å². The molecule has 134 valence electrons. The van der Waals surface area contributed by atoms with Gasteiger partial charge in [-0.1, -0.05) is 18.2 Å². The van der Waals surface area contributed by atoms with E-state index in [9.17, 15) is 13.6 Å². The first-order valence-electron chi connectivity index (χ1n) is 8.06. The minimum atomic E-state index is -0.707. The minimum absolute atomic E-state index is 0.265. The van der Waals surface area contributed by atoms with Gasteiger partial charge in [-0.05, 0) is 42.0 Å². The molecule has 0 saturated heterocycles. The highest BCUT2D eigenvalue weighted by Gasteiger charge is 2.06. The summed E-state index contributed by atoms with van der Waals surface area (Å²) in [5, 5.41) is 3.54. The monoisotopic (exact) mass is 381 g/mol. The largest absolute Gasteiger partial charge is 0.354 e. The van der Waals surface area contributed by atoms with E-state index in [1.807, 2.05) is 30.3 Å². The quantitative estimate of drug-likeness (QED) is 0.574. The van der Waals surface area contributed by atoms with Gasteiger partial charge in [0.2, 0.25) is 0 Å². The molecule has 0 bridgehead atoms. The van der Waals surface area contributed by atoms with E-state index in [0.29, 0.717) is 9.20 Å². The number of nitrogens with zero attached hydrogens (tertiary/aromatic N) is 1. The van der Waals surface area contributed by atoms with E-state index in [0.717, 1.165) is 28.6 Å². The third kappa shape index (κ3) is 3.63. The zero-order valence-electron chi connectivity index (χ0n) is 13.9. The summed E-state index contributed by atoms with van der Waals surface area (Å²) in [6.45, 7) is 0. The second kappa shape index (κ2) is 7.13. The van der Waals surface area contributed by atoms with Crippen LogP contribution in [0.1, 0.15) is 5.56 Å². The number of hydrogen-bond acceptors (Lipinski definition) is 4. The van der Waals surface area contributed by atoms with Gasteiger partial charge in [0.25, 0.3) is 5.56 Å². The van der Waals surface area contributed by atoms with Gasteiger partial charge in [-0.3, -0.25) is 9.78 Å². The Morgan fingerprint density at radius 2 is 1.89 bits per heavy atom. The van der Waals surface area contributed by atoms with Crippen LogP contribution in [-0.2, 0) is 0 Å². The fourth-order valence-corrected chi connectivity index (χ4v) is 3.47. The first kappa shape index (κ1) is 17.1. The molecule has 0 spiro atoms. The van der Waals surface area contributed by atoms with Crippen LogP contribution >= 0.6 is 11.3 Å². The number of pyridine rings is 1. The second-order valence-corrected chi connectivity index (χ2v) is 6.85. The van der Waals surface area contributed by atoms with Crippen molar-refractivity contribution in [1.82, 2.24) is 9.97 Å². The SMILES string of the molecule is O=c1[nH]c(=CNc2c(F)cccc2F)sc1=Cc1ccc2ncccc2c1. The Labute approximate surface area is 156 Å². The number of para-hydroxylation sites is 1. The smallest absolute Gasteiger partial charge is 0.266 e. The molecular weight excluding hydrogens is 368 g/mol. The number of anilines is 1. The predicted octanol–water partition coefficient (Wildman–Crippen LogP) is 2.94. The highest BCUT2D eigenvalue weighted by molar-refractivity contribution is 7.07. The van der Waals surface area contributed by atoms with Gasteiger partial charge in [0.05, 0.1) is 10.0 Å². The van der Waals surface area contributed by atoms with Crippen molar-refractivity contribution in [1.29, 1.82) is 0 Å². The highest BCUT2D eigenvalue weighted by atomic mass is 32.1. The third-order valence-corrected chi connectivity index (χ3v) is 4.88. The van der Waals surface area contributed by atoms with E-state index in [1.54, 1.807) is 12.3 Å². The number of H-pyrrole nitrogens is 1. The van der Waals surface area contributed by atoms with E-state index >= 15 is 0 Å². The molecule has 2 aromatic heterocycles. The van der Waals surface area contributed by atoms with Crippen LogP contribution in [0.15, 0.2) is 59.5 Å². The van der Waals surface area contributed by atoms with Crippen LogP contribution in [0.25, 0.3) is 23.2 Å². The summed E-state index contributed by atoms with van der Waals surface area (Å²) in [5.74, 6) is -1.41. The molecule has 4 nitrogen and oxygen atoms in total. The molecule has 0 aliphatic heterocycles. The molecule has 4 aromatic rings. The number of thiazole rings is 1. The summed E-state index contributed by atoms with van der Waals surface area (Å²) in [6.07, 6.45) is 4.86. The Morgan fingerprint density at radius 3 is 2.70 bits per heavy atom. The summed E-state index contributed by atoms with van der Waals surface area (Å²) in [5.41, 5.74) is 1.20. The van der Waals surface area contributed by atoms with Crippen molar-refractivity contribution in [2.24, 2.45) is 0 Å². The standard InChI is InChI=1S/C20H13F2N3OS/c21-14-4-1-5-15(22)19(14)24-11-18-25-20(26)17(27-18)10-12-6-7-16-13(9-12)3-2-8-23-16/h1-11,24H,(H,25,26). The first-order chi connectivity index (χ1) is 13.1. The lowest BCUT2D eigenvalue weighted by Crippen LogP contribution is -2.20. The van der Waals surface area contributed by atoms with Crippen LogP contribution < -0.4 is 20.1 Å². The van der Waals surface area contributed by atoms with Crippen molar-refractivity contribution >= 4 is 40.2 Å². The Hall–Kier alpha value is -3.32. The Balaban J connectivity index is 1.70. The summed E-state index contributed by atoms with van der Waals surface area (Å²) >= 11 is 1.19. The minimum Gasteiger partial charge on any atom is -0.354 e. The van der Waals surface area contributed by atoms with Gasteiger partial charge in [0.1, 0.15) is 22.0 Å². The second-order valence-electron chi connectivity index (χ2n) is 5.77. The summed E-state index contributed by atoms with van der Waals surface area (Å²) in [7, 11) is 0. The number of fused-ring (bicyclic) bond motifs is 1. The maximum Gasteiger partial charge on any atom is 0.266 e. The van der Waals surface area contributed by atoms with Crippen LogP contribution in [0.5, 0.6) is 0 Å². The molecule has 0 radical (unpaired) electrons. The summed E-state index contributed by atoms with van der Waals surface area (Å²) < 4.78 is 28.2. The molecule has 0 aliphatic rings. The Kier molecular flexibility index (Phi) is 4.52. The molecule has 4 rings (SSSR count). The van der Waals surface area contributed by atoms with Gasteiger partial charge < -0.3 is 10.3 Å². The predicted molar refractivity (Wildman–Crippen MR) is 104 cm³/mol. The lowest BCUT2D eigenvalue weighted by atomic mass is 10.1. The van der Waals surface area contributed by atoms with Crippen LogP contribution in [0.2, 0.25) is 0 Å². The van der Waals surface area contributed by atoms with Gasteiger partial charge in [-0.15, -0.1) is 11.3 Å². The van der Waals surface area contributed by atoms with Crippen molar-refractivity contribution in [3.05, 3.63) is 91.5 Å². The van der Waals surface area contributed by atoms with E-state index < -0.39 is 11.6 Å². The maximum absolute atomic E-state index is 13.7. The summed E-state index contributed by atoms with van der Waals surface area (Å²) in [4.78, 5) is 19.1. The lowest BCUT2D eigenvalue weighted by Gasteiger charge is -2.02. The molecular formula is C20H13F2N3OS. The van der Waals surface area contributed by atoms with Crippen molar-refractivity contribution in [2.45, 2.75) is 0 Å². The van der Waals surface area contributed by atoms with Crippen molar-refractivity contribution < 1.29 is 8.78 Å². The van der Waals surface area contributed by atoms with Crippen LogP contribution in [0.3, 0.4) is 0 Å². The van der Waals surface area contributed by atoms with E-state index in [4.69, 9.17) is 0 Å². The normalized spacial score (nSPS) is 12.7. The molecule has 2 heterocycles. The Bertz CT molecular complexity index is 1290. The molecule has 0 fully saturated rings. The zero-order valence-corrected chi connectivity index (χ0v) is 14.7.